The van der Waals surface area contributed by atoms with Gasteiger partial charge in [0.1, 0.15) is 11.3 Å². The second-order valence-electron chi connectivity index (χ2n) is 5.96. The molecule has 1 N–H and O–H groups in total. The lowest BCUT2D eigenvalue weighted by molar-refractivity contribution is -0.385. The summed E-state index contributed by atoms with van der Waals surface area (Å²) in [6.45, 7) is 0. The van der Waals surface area contributed by atoms with Crippen molar-refractivity contribution in [3.63, 3.8) is 0 Å². The maximum atomic E-state index is 13.0. The number of carbonyl (C=O) groups is 3. The van der Waals surface area contributed by atoms with Crippen LogP contribution in [0, 0.1) is 10.1 Å². The zero-order chi connectivity index (χ0) is 22.0. The number of urea groups is 1. The van der Waals surface area contributed by atoms with Gasteiger partial charge in [-0.3, -0.25) is 25.0 Å². The van der Waals surface area contributed by atoms with Crippen molar-refractivity contribution >= 4 is 51.2 Å². The number of nitro benzene ring substituents is 1. The van der Waals surface area contributed by atoms with E-state index in [4.69, 9.17) is 9.47 Å². The number of benzene rings is 2. The highest BCUT2D eigenvalue weighted by molar-refractivity contribution is 9.10. The number of nitro groups is 1. The highest BCUT2D eigenvalue weighted by Gasteiger charge is 2.37. The fourth-order valence-corrected chi connectivity index (χ4v) is 3.21. The predicted molar refractivity (Wildman–Crippen MR) is 109 cm³/mol. The Morgan fingerprint density at radius 1 is 1.10 bits per heavy atom. The largest absolute Gasteiger partial charge is 0.496 e. The van der Waals surface area contributed by atoms with E-state index in [-0.39, 0.29) is 28.4 Å². The number of ether oxygens (including phenoxy) is 2. The highest BCUT2D eigenvalue weighted by atomic mass is 79.9. The van der Waals surface area contributed by atoms with Crippen molar-refractivity contribution in [3.05, 3.63) is 62.1 Å². The van der Waals surface area contributed by atoms with Gasteiger partial charge in [0.05, 0.1) is 24.8 Å². The van der Waals surface area contributed by atoms with Crippen LogP contribution in [0.5, 0.6) is 11.5 Å². The number of hydrogen-bond donors (Lipinski definition) is 1. The number of barbiturate groups is 1. The Balaban J connectivity index is 2.13. The average molecular weight is 476 g/mol. The summed E-state index contributed by atoms with van der Waals surface area (Å²) in [5.74, 6) is -1.74. The standard InChI is InChI=1S/C19H14BrN3O7/c1-29-15-9-16(30-2)14(23(27)28)7-10(15)6-13-17(24)21-19(26)22(18(13)25)12-5-3-4-11(20)8-12/h3-9H,1-2H3,(H,21,24,26)/b13-6-. The fourth-order valence-electron chi connectivity index (χ4n) is 2.82. The van der Waals surface area contributed by atoms with Crippen LogP contribution in [0.3, 0.4) is 0 Å². The van der Waals surface area contributed by atoms with Crippen LogP contribution in [0.4, 0.5) is 16.2 Å². The van der Waals surface area contributed by atoms with Gasteiger partial charge in [0.2, 0.25) is 5.75 Å². The van der Waals surface area contributed by atoms with Crippen LogP contribution in [0.15, 0.2) is 46.4 Å². The van der Waals surface area contributed by atoms with Crippen molar-refractivity contribution < 1.29 is 28.8 Å². The van der Waals surface area contributed by atoms with E-state index in [1.165, 1.54) is 32.4 Å². The van der Waals surface area contributed by atoms with Crippen LogP contribution in [-0.2, 0) is 9.59 Å². The molecular weight excluding hydrogens is 462 g/mol. The van der Waals surface area contributed by atoms with Gasteiger partial charge in [0.15, 0.2) is 0 Å². The van der Waals surface area contributed by atoms with Gasteiger partial charge in [-0.05, 0) is 24.3 Å². The molecule has 2 aromatic carbocycles. The molecule has 30 heavy (non-hydrogen) atoms. The fraction of sp³-hybridized carbons (Fsp3) is 0.105. The molecule has 1 aliphatic rings. The molecule has 0 aromatic heterocycles. The third-order valence-corrected chi connectivity index (χ3v) is 4.69. The minimum atomic E-state index is -0.934. The Labute approximate surface area is 178 Å². The molecule has 154 valence electrons. The van der Waals surface area contributed by atoms with E-state index in [2.05, 4.69) is 21.2 Å². The monoisotopic (exact) mass is 475 g/mol. The van der Waals surface area contributed by atoms with Crippen molar-refractivity contribution in [2.75, 3.05) is 19.1 Å². The van der Waals surface area contributed by atoms with E-state index < -0.39 is 28.3 Å². The van der Waals surface area contributed by atoms with Crippen molar-refractivity contribution in [1.82, 2.24) is 5.32 Å². The molecular formula is C19H14BrN3O7. The maximum absolute atomic E-state index is 13.0. The number of nitrogens with one attached hydrogen (secondary N) is 1. The summed E-state index contributed by atoms with van der Waals surface area (Å²) in [6, 6.07) is 7.86. The first-order chi connectivity index (χ1) is 14.3. The zero-order valence-electron chi connectivity index (χ0n) is 15.7. The van der Waals surface area contributed by atoms with Crippen LogP contribution in [0.25, 0.3) is 6.08 Å². The Morgan fingerprint density at radius 2 is 1.80 bits per heavy atom. The Bertz CT molecular complexity index is 1110. The van der Waals surface area contributed by atoms with Crippen LogP contribution in [0.1, 0.15) is 5.56 Å². The molecule has 1 aliphatic heterocycles. The van der Waals surface area contributed by atoms with E-state index in [1.54, 1.807) is 12.1 Å². The normalized spacial score (nSPS) is 15.2. The van der Waals surface area contributed by atoms with Gasteiger partial charge in [-0.25, -0.2) is 9.69 Å². The minimum Gasteiger partial charge on any atom is -0.496 e. The molecule has 0 saturated carbocycles. The highest BCUT2D eigenvalue weighted by Crippen LogP contribution is 2.36. The molecule has 0 unspecified atom stereocenters. The minimum absolute atomic E-state index is 0.0515. The first-order valence-corrected chi connectivity index (χ1v) is 9.13. The topological polar surface area (TPSA) is 128 Å². The molecule has 4 amide bonds. The van der Waals surface area contributed by atoms with Crippen molar-refractivity contribution in [2.45, 2.75) is 0 Å². The van der Waals surface area contributed by atoms with Crippen LogP contribution < -0.4 is 19.7 Å². The second-order valence-corrected chi connectivity index (χ2v) is 6.88. The molecule has 0 spiro atoms. The zero-order valence-corrected chi connectivity index (χ0v) is 17.3. The van der Waals surface area contributed by atoms with Crippen LogP contribution in [0.2, 0.25) is 0 Å². The number of amides is 4. The summed E-state index contributed by atoms with van der Waals surface area (Å²) in [7, 11) is 2.59. The molecule has 1 saturated heterocycles. The number of anilines is 1. The van der Waals surface area contributed by atoms with Crippen LogP contribution in [-0.4, -0.2) is 37.0 Å². The number of halogens is 1. The quantitative estimate of drug-likeness (QED) is 0.304. The summed E-state index contributed by atoms with van der Waals surface area (Å²) in [4.78, 5) is 49.0. The third-order valence-electron chi connectivity index (χ3n) is 4.20. The summed E-state index contributed by atoms with van der Waals surface area (Å²) < 4.78 is 10.8. The molecule has 3 rings (SSSR count). The molecule has 1 heterocycles. The van der Waals surface area contributed by atoms with Gasteiger partial charge in [0, 0.05) is 22.2 Å². The van der Waals surface area contributed by atoms with Gasteiger partial charge in [-0.2, -0.15) is 0 Å². The van der Waals surface area contributed by atoms with Crippen molar-refractivity contribution in [3.8, 4) is 11.5 Å². The molecule has 1 fully saturated rings. The van der Waals surface area contributed by atoms with E-state index in [0.29, 0.717) is 4.47 Å². The number of rotatable bonds is 5. The lowest BCUT2D eigenvalue weighted by atomic mass is 10.0. The number of carbonyl (C=O) groups excluding carboxylic acids is 3. The van der Waals surface area contributed by atoms with Crippen molar-refractivity contribution in [1.29, 1.82) is 0 Å². The van der Waals surface area contributed by atoms with Gasteiger partial charge in [0.25, 0.3) is 11.8 Å². The molecule has 0 radical (unpaired) electrons. The summed E-state index contributed by atoms with van der Waals surface area (Å²) >= 11 is 3.26. The lowest BCUT2D eigenvalue weighted by Gasteiger charge is -2.26. The number of imide groups is 2. The van der Waals surface area contributed by atoms with E-state index in [0.717, 1.165) is 17.0 Å². The van der Waals surface area contributed by atoms with Gasteiger partial charge >= 0.3 is 11.7 Å². The smallest absolute Gasteiger partial charge is 0.335 e. The summed E-state index contributed by atoms with van der Waals surface area (Å²) in [5, 5.41) is 13.4. The summed E-state index contributed by atoms with van der Waals surface area (Å²) in [5.41, 5.74) is -0.453. The van der Waals surface area contributed by atoms with Gasteiger partial charge in [-0.1, -0.05) is 22.0 Å². The number of nitrogens with zero attached hydrogens (tertiary/aromatic N) is 2. The first-order valence-electron chi connectivity index (χ1n) is 8.34. The predicted octanol–water partition coefficient (Wildman–Crippen LogP) is 3.04. The van der Waals surface area contributed by atoms with Crippen LogP contribution >= 0.6 is 15.9 Å². The Hall–Kier alpha value is -3.73. The van der Waals surface area contributed by atoms with Gasteiger partial charge < -0.3 is 9.47 Å². The molecule has 0 atom stereocenters. The van der Waals surface area contributed by atoms with Crippen molar-refractivity contribution in [2.24, 2.45) is 0 Å². The molecule has 0 bridgehead atoms. The number of methoxy groups -OCH3 is 2. The average Bonchev–Trinajstić information content (AvgIpc) is 2.70. The number of hydrogen-bond acceptors (Lipinski definition) is 7. The Morgan fingerprint density at radius 3 is 2.40 bits per heavy atom. The van der Waals surface area contributed by atoms with E-state index in [1.807, 2.05) is 0 Å². The first kappa shape index (κ1) is 21.0. The van der Waals surface area contributed by atoms with E-state index >= 15 is 0 Å². The van der Waals surface area contributed by atoms with E-state index in [9.17, 15) is 24.5 Å². The Kier molecular flexibility index (Phi) is 5.83. The third kappa shape index (κ3) is 3.87. The molecule has 2 aromatic rings. The second kappa shape index (κ2) is 8.33. The molecule has 11 heteroatoms. The van der Waals surface area contributed by atoms with Gasteiger partial charge in [-0.15, -0.1) is 0 Å². The summed E-state index contributed by atoms with van der Waals surface area (Å²) in [6.07, 6.45) is 1.13. The molecule has 10 nitrogen and oxygen atoms in total. The SMILES string of the molecule is COc1cc(OC)c([N+](=O)[O-])cc1/C=C1/C(=O)NC(=O)N(c2cccc(Br)c2)C1=O. The lowest BCUT2D eigenvalue weighted by Crippen LogP contribution is -2.54. The maximum Gasteiger partial charge on any atom is 0.335 e. The molecule has 0 aliphatic carbocycles.